The molecule has 16 heavy (non-hydrogen) atoms. The molecule has 0 aromatic carbocycles. The first-order chi connectivity index (χ1) is 7.63. The molecular formula is C9H13N3O4. The molecule has 7 heteroatoms. The lowest BCUT2D eigenvalue weighted by Gasteiger charge is -2.10. The molecule has 0 fully saturated rings. The highest BCUT2D eigenvalue weighted by molar-refractivity contribution is 5.44. The van der Waals surface area contributed by atoms with Crippen LogP contribution in [0.25, 0.3) is 0 Å². The molecular weight excluding hydrogens is 214 g/mol. The van der Waals surface area contributed by atoms with E-state index in [4.69, 9.17) is 4.74 Å². The molecule has 0 saturated heterocycles. The van der Waals surface area contributed by atoms with Crippen molar-refractivity contribution in [3.05, 3.63) is 28.4 Å². The SMILES string of the molecule is COCC(O)CNc1cc([N+](=O)[O-])ccn1. The van der Waals surface area contributed by atoms with E-state index in [9.17, 15) is 15.2 Å². The van der Waals surface area contributed by atoms with Crippen molar-refractivity contribution in [2.24, 2.45) is 0 Å². The first-order valence-electron chi connectivity index (χ1n) is 4.65. The van der Waals surface area contributed by atoms with Gasteiger partial charge in [0.25, 0.3) is 5.69 Å². The zero-order chi connectivity index (χ0) is 12.0. The van der Waals surface area contributed by atoms with Gasteiger partial charge in [-0.3, -0.25) is 10.1 Å². The Labute approximate surface area is 92.2 Å². The summed E-state index contributed by atoms with van der Waals surface area (Å²) < 4.78 is 4.74. The summed E-state index contributed by atoms with van der Waals surface area (Å²) in [5.41, 5.74) is -0.0428. The molecule has 0 radical (unpaired) electrons. The normalized spacial score (nSPS) is 12.1. The first kappa shape index (κ1) is 12.3. The van der Waals surface area contributed by atoms with Crippen LogP contribution in [0.5, 0.6) is 0 Å². The Kier molecular flexibility index (Phi) is 4.62. The molecule has 0 spiro atoms. The molecule has 1 heterocycles. The van der Waals surface area contributed by atoms with Crippen LogP contribution < -0.4 is 5.32 Å². The lowest BCUT2D eigenvalue weighted by molar-refractivity contribution is -0.384. The van der Waals surface area contributed by atoms with Gasteiger partial charge < -0.3 is 15.2 Å². The van der Waals surface area contributed by atoms with Gasteiger partial charge in [0.1, 0.15) is 5.82 Å². The van der Waals surface area contributed by atoms with Gasteiger partial charge in [-0.05, 0) is 0 Å². The molecule has 0 bridgehead atoms. The van der Waals surface area contributed by atoms with E-state index in [0.717, 1.165) is 0 Å². The summed E-state index contributed by atoms with van der Waals surface area (Å²) in [6, 6.07) is 2.61. The van der Waals surface area contributed by atoms with Crippen LogP contribution in [0.1, 0.15) is 0 Å². The largest absolute Gasteiger partial charge is 0.389 e. The molecule has 2 N–H and O–H groups in total. The third-order valence-electron chi connectivity index (χ3n) is 1.83. The van der Waals surface area contributed by atoms with Gasteiger partial charge >= 0.3 is 0 Å². The summed E-state index contributed by atoms with van der Waals surface area (Å²) in [6.07, 6.45) is 0.662. The van der Waals surface area contributed by atoms with E-state index in [1.54, 1.807) is 0 Å². The van der Waals surface area contributed by atoms with Gasteiger partial charge in [0.15, 0.2) is 0 Å². The number of ether oxygens (including phenoxy) is 1. The number of pyridine rings is 1. The quantitative estimate of drug-likeness (QED) is 0.539. The number of methoxy groups -OCH3 is 1. The molecule has 1 unspecified atom stereocenters. The molecule has 7 nitrogen and oxygen atoms in total. The molecule has 0 aliphatic heterocycles. The van der Waals surface area contributed by atoms with Gasteiger partial charge in [-0.15, -0.1) is 0 Å². The number of aliphatic hydroxyl groups excluding tert-OH is 1. The van der Waals surface area contributed by atoms with Crippen molar-refractivity contribution in [2.75, 3.05) is 25.6 Å². The van der Waals surface area contributed by atoms with Gasteiger partial charge in [0, 0.05) is 25.9 Å². The van der Waals surface area contributed by atoms with Crippen molar-refractivity contribution in [3.63, 3.8) is 0 Å². The second-order valence-corrected chi connectivity index (χ2v) is 3.15. The van der Waals surface area contributed by atoms with Crippen molar-refractivity contribution in [2.45, 2.75) is 6.10 Å². The van der Waals surface area contributed by atoms with Crippen molar-refractivity contribution in [3.8, 4) is 0 Å². The van der Waals surface area contributed by atoms with Crippen LogP contribution in [0.2, 0.25) is 0 Å². The van der Waals surface area contributed by atoms with Crippen LogP contribution >= 0.6 is 0 Å². The van der Waals surface area contributed by atoms with E-state index >= 15 is 0 Å². The van der Waals surface area contributed by atoms with E-state index < -0.39 is 11.0 Å². The number of nitrogens with zero attached hydrogens (tertiary/aromatic N) is 2. The van der Waals surface area contributed by atoms with Gasteiger partial charge in [-0.2, -0.15) is 0 Å². The Morgan fingerprint density at radius 1 is 1.75 bits per heavy atom. The number of nitrogens with one attached hydrogen (secondary N) is 1. The Bertz CT molecular complexity index is 358. The summed E-state index contributed by atoms with van der Waals surface area (Å²) in [5.74, 6) is 0.351. The van der Waals surface area contributed by atoms with Gasteiger partial charge in [0.05, 0.1) is 23.7 Å². The highest BCUT2D eigenvalue weighted by atomic mass is 16.6. The molecule has 1 rings (SSSR count). The summed E-state index contributed by atoms with van der Waals surface area (Å²) in [7, 11) is 1.48. The molecule has 0 saturated carbocycles. The Morgan fingerprint density at radius 2 is 2.50 bits per heavy atom. The minimum atomic E-state index is -0.675. The summed E-state index contributed by atoms with van der Waals surface area (Å²) in [4.78, 5) is 13.9. The summed E-state index contributed by atoms with van der Waals surface area (Å²) >= 11 is 0. The Morgan fingerprint density at radius 3 is 3.12 bits per heavy atom. The van der Waals surface area contributed by atoms with Crippen molar-refractivity contribution < 1.29 is 14.8 Å². The maximum absolute atomic E-state index is 10.5. The molecule has 0 amide bonds. The van der Waals surface area contributed by atoms with Crippen LogP contribution in [-0.4, -0.2) is 41.4 Å². The van der Waals surface area contributed by atoms with Gasteiger partial charge in [-0.25, -0.2) is 4.98 Å². The number of aromatic nitrogens is 1. The van der Waals surface area contributed by atoms with Crippen molar-refractivity contribution >= 4 is 11.5 Å². The molecule has 1 aromatic heterocycles. The van der Waals surface area contributed by atoms with Crippen LogP contribution in [0.4, 0.5) is 11.5 Å². The van der Waals surface area contributed by atoms with E-state index in [1.807, 2.05) is 0 Å². The maximum Gasteiger partial charge on any atom is 0.274 e. The minimum Gasteiger partial charge on any atom is -0.389 e. The van der Waals surface area contributed by atoms with E-state index in [0.29, 0.717) is 5.82 Å². The number of anilines is 1. The summed E-state index contributed by atoms with van der Waals surface area (Å²) in [6.45, 7) is 0.421. The number of aliphatic hydroxyl groups is 1. The van der Waals surface area contributed by atoms with E-state index in [1.165, 1.54) is 25.4 Å². The molecule has 0 aliphatic rings. The van der Waals surface area contributed by atoms with Crippen LogP contribution in [0, 0.1) is 10.1 Å². The van der Waals surface area contributed by atoms with Crippen molar-refractivity contribution in [1.82, 2.24) is 4.98 Å². The van der Waals surface area contributed by atoms with Gasteiger partial charge in [-0.1, -0.05) is 0 Å². The Balaban J connectivity index is 2.54. The lowest BCUT2D eigenvalue weighted by atomic mass is 10.3. The summed E-state index contributed by atoms with van der Waals surface area (Å²) in [5, 5.41) is 22.6. The van der Waals surface area contributed by atoms with Crippen molar-refractivity contribution in [1.29, 1.82) is 0 Å². The van der Waals surface area contributed by atoms with E-state index in [-0.39, 0.29) is 18.8 Å². The lowest BCUT2D eigenvalue weighted by Crippen LogP contribution is -2.24. The average Bonchev–Trinajstić information content (AvgIpc) is 2.27. The fraction of sp³-hybridized carbons (Fsp3) is 0.444. The molecule has 0 aliphatic carbocycles. The first-order valence-corrected chi connectivity index (χ1v) is 4.65. The predicted octanol–water partition coefficient (Wildman–Crippen LogP) is 0.409. The smallest absolute Gasteiger partial charge is 0.274 e. The maximum atomic E-state index is 10.5. The highest BCUT2D eigenvalue weighted by Gasteiger charge is 2.08. The fourth-order valence-electron chi connectivity index (χ4n) is 1.10. The molecule has 1 atom stereocenters. The highest BCUT2D eigenvalue weighted by Crippen LogP contribution is 2.13. The standard InChI is InChI=1S/C9H13N3O4/c1-16-6-8(13)5-11-9-4-7(12(14)15)2-3-10-9/h2-4,8,13H,5-6H2,1H3,(H,10,11). The predicted molar refractivity (Wildman–Crippen MR) is 57.3 cm³/mol. The second kappa shape index (κ2) is 5.99. The molecule has 88 valence electrons. The van der Waals surface area contributed by atoms with Crippen LogP contribution in [0.3, 0.4) is 0 Å². The third-order valence-corrected chi connectivity index (χ3v) is 1.83. The zero-order valence-corrected chi connectivity index (χ0v) is 8.79. The monoisotopic (exact) mass is 227 g/mol. The van der Waals surface area contributed by atoms with E-state index in [2.05, 4.69) is 10.3 Å². The second-order valence-electron chi connectivity index (χ2n) is 3.15. The van der Waals surface area contributed by atoms with Crippen LogP contribution in [-0.2, 0) is 4.74 Å². The average molecular weight is 227 g/mol. The fourth-order valence-corrected chi connectivity index (χ4v) is 1.10. The Hall–Kier alpha value is -1.73. The number of rotatable bonds is 6. The minimum absolute atomic E-state index is 0.0428. The number of hydrogen-bond donors (Lipinski definition) is 2. The third kappa shape index (κ3) is 3.79. The number of hydrogen-bond acceptors (Lipinski definition) is 6. The van der Waals surface area contributed by atoms with Gasteiger partial charge in [0.2, 0.25) is 0 Å². The zero-order valence-electron chi connectivity index (χ0n) is 8.79. The molecule has 1 aromatic rings. The number of nitro groups is 1. The topological polar surface area (TPSA) is 97.5 Å². The van der Waals surface area contributed by atoms with Crippen LogP contribution in [0.15, 0.2) is 18.3 Å².